The monoisotopic (exact) mass is 228 g/mol. The van der Waals surface area contributed by atoms with Crippen molar-refractivity contribution in [1.29, 1.82) is 0 Å². The Balaban J connectivity index is 2.18. The molecule has 0 radical (unpaired) electrons. The highest BCUT2D eigenvalue weighted by atomic mass is 16.4. The number of nitrogens with two attached hydrogens (primary N) is 1. The summed E-state index contributed by atoms with van der Waals surface area (Å²) < 4.78 is 0. The fraction of sp³-hybridized carbons (Fsp3) is 0.800. The zero-order valence-electron chi connectivity index (χ0n) is 9.65. The highest BCUT2D eigenvalue weighted by Gasteiger charge is 2.21. The van der Waals surface area contributed by atoms with E-state index in [4.69, 9.17) is 10.9 Å². The van der Waals surface area contributed by atoms with Crippen LogP contribution in [0.5, 0.6) is 0 Å². The van der Waals surface area contributed by atoms with Gasteiger partial charge < -0.3 is 21.2 Å². The molecule has 6 nitrogen and oxygen atoms in total. The number of oxime groups is 1. The molecule has 0 aromatic carbocycles. The van der Waals surface area contributed by atoms with Gasteiger partial charge in [0.2, 0.25) is 5.91 Å². The largest absolute Gasteiger partial charge is 0.409 e. The van der Waals surface area contributed by atoms with Crippen molar-refractivity contribution in [2.24, 2.45) is 16.8 Å². The van der Waals surface area contributed by atoms with E-state index in [1.54, 1.807) is 0 Å². The quantitative estimate of drug-likeness (QED) is 0.258. The molecule has 1 heterocycles. The molecule has 6 heteroatoms. The summed E-state index contributed by atoms with van der Waals surface area (Å²) in [6, 6.07) is 0. The van der Waals surface area contributed by atoms with Gasteiger partial charge in [-0.2, -0.15) is 0 Å². The molecule has 0 aromatic heterocycles. The van der Waals surface area contributed by atoms with Crippen LogP contribution in [0.1, 0.15) is 19.8 Å². The minimum absolute atomic E-state index is 0.0410. The topological polar surface area (TPSA) is 91.0 Å². The molecule has 16 heavy (non-hydrogen) atoms. The molecule has 0 bridgehead atoms. The smallest absolute Gasteiger partial charge is 0.227 e. The standard InChI is InChI=1S/C10H20N4O2/c1-2-14-4-3-8(7-14)6-12-10(15)5-9(11)13-16/h8,16H,2-7H2,1H3,(H2,11,13)(H,12,15). The second kappa shape index (κ2) is 6.32. The minimum atomic E-state index is -0.190. The molecule has 1 unspecified atom stereocenters. The first-order valence-electron chi connectivity index (χ1n) is 5.61. The lowest BCUT2D eigenvalue weighted by atomic mass is 10.1. The Labute approximate surface area is 95.5 Å². The molecule has 1 fully saturated rings. The van der Waals surface area contributed by atoms with E-state index in [0.29, 0.717) is 12.5 Å². The van der Waals surface area contributed by atoms with E-state index in [1.807, 2.05) is 0 Å². The predicted octanol–water partition coefficient (Wildman–Crippen LogP) is -0.419. The summed E-state index contributed by atoms with van der Waals surface area (Å²) in [6.07, 6.45) is 1.08. The van der Waals surface area contributed by atoms with Gasteiger partial charge in [-0.15, -0.1) is 0 Å². The average Bonchev–Trinajstić information content (AvgIpc) is 2.74. The van der Waals surface area contributed by atoms with Crippen molar-refractivity contribution in [3.05, 3.63) is 0 Å². The van der Waals surface area contributed by atoms with Crippen LogP contribution in [0.4, 0.5) is 0 Å². The molecule has 4 N–H and O–H groups in total. The Bertz CT molecular complexity index is 268. The molecule has 0 aliphatic carbocycles. The van der Waals surface area contributed by atoms with Crippen LogP contribution in [0.2, 0.25) is 0 Å². The van der Waals surface area contributed by atoms with E-state index < -0.39 is 0 Å². The number of hydrogen-bond acceptors (Lipinski definition) is 4. The third kappa shape index (κ3) is 4.06. The van der Waals surface area contributed by atoms with Crippen molar-refractivity contribution in [3.8, 4) is 0 Å². The molecule has 0 aromatic rings. The molecule has 1 saturated heterocycles. The van der Waals surface area contributed by atoms with Gasteiger partial charge in [-0.1, -0.05) is 12.1 Å². The Morgan fingerprint density at radius 2 is 2.44 bits per heavy atom. The van der Waals surface area contributed by atoms with Crippen molar-refractivity contribution in [2.75, 3.05) is 26.2 Å². The number of nitrogens with one attached hydrogen (secondary N) is 1. The van der Waals surface area contributed by atoms with Crippen LogP contribution >= 0.6 is 0 Å². The zero-order chi connectivity index (χ0) is 12.0. The highest BCUT2D eigenvalue weighted by Crippen LogP contribution is 2.14. The maximum Gasteiger partial charge on any atom is 0.227 e. The van der Waals surface area contributed by atoms with E-state index in [1.165, 1.54) is 0 Å². The van der Waals surface area contributed by atoms with E-state index in [2.05, 4.69) is 22.3 Å². The Kier molecular flexibility index (Phi) is 5.04. The Hall–Kier alpha value is -1.30. The van der Waals surface area contributed by atoms with Crippen molar-refractivity contribution >= 4 is 11.7 Å². The second-order valence-corrected chi connectivity index (χ2v) is 4.12. The predicted molar refractivity (Wildman–Crippen MR) is 61.3 cm³/mol. The number of rotatable bonds is 5. The van der Waals surface area contributed by atoms with Crippen molar-refractivity contribution < 1.29 is 10.0 Å². The molecule has 92 valence electrons. The van der Waals surface area contributed by atoms with E-state index in [-0.39, 0.29) is 18.2 Å². The maximum absolute atomic E-state index is 11.3. The van der Waals surface area contributed by atoms with Gasteiger partial charge >= 0.3 is 0 Å². The van der Waals surface area contributed by atoms with Gasteiger partial charge in [0.05, 0.1) is 6.42 Å². The summed E-state index contributed by atoms with van der Waals surface area (Å²) in [7, 11) is 0. The van der Waals surface area contributed by atoms with Crippen molar-refractivity contribution in [3.63, 3.8) is 0 Å². The third-order valence-corrected chi connectivity index (χ3v) is 2.88. The summed E-state index contributed by atoms with van der Waals surface area (Å²) >= 11 is 0. The van der Waals surface area contributed by atoms with E-state index >= 15 is 0 Å². The molecule has 1 aliphatic heterocycles. The first kappa shape index (κ1) is 12.8. The lowest BCUT2D eigenvalue weighted by Gasteiger charge is -2.13. The number of hydrogen-bond donors (Lipinski definition) is 3. The van der Waals surface area contributed by atoms with Gasteiger partial charge in [-0.05, 0) is 25.4 Å². The number of carbonyl (C=O) groups excluding carboxylic acids is 1. The number of likely N-dealkylation sites (tertiary alicyclic amines) is 1. The van der Waals surface area contributed by atoms with Crippen LogP contribution in [0, 0.1) is 5.92 Å². The SMILES string of the molecule is CCN1CCC(CNC(=O)C/C(N)=N/O)C1. The van der Waals surface area contributed by atoms with Crippen molar-refractivity contribution in [2.45, 2.75) is 19.8 Å². The molecule has 1 aliphatic rings. The fourth-order valence-electron chi connectivity index (χ4n) is 1.89. The molecular formula is C10H20N4O2. The molecule has 1 rings (SSSR count). The van der Waals surface area contributed by atoms with Gasteiger partial charge in [0.25, 0.3) is 0 Å². The molecule has 1 amide bonds. The fourth-order valence-corrected chi connectivity index (χ4v) is 1.89. The minimum Gasteiger partial charge on any atom is -0.409 e. The first-order chi connectivity index (χ1) is 7.65. The average molecular weight is 228 g/mol. The van der Waals surface area contributed by atoms with Crippen molar-refractivity contribution in [1.82, 2.24) is 10.2 Å². The third-order valence-electron chi connectivity index (χ3n) is 2.88. The molecule has 1 atom stereocenters. The van der Waals surface area contributed by atoms with Crippen LogP contribution in [0.15, 0.2) is 5.16 Å². The second-order valence-electron chi connectivity index (χ2n) is 4.12. The van der Waals surface area contributed by atoms with Gasteiger partial charge in [0.1, 0.15) is 5.84 Å². The number of amides is 1. The van der Waals surface area contributed by atoms with Crippen LogP contribution in [0.25, 0.3) is 0 Å². The van der Waals surface area contributed by atoms with Crippen LogP contribution in [0.3, 0.4) is 0 Å². The maximum atomic E-state index is 11.3. The van der Waals surface area contributed by atoms with Crippen LogP contribution < -0.4 is 11.1 Å². The molecule has 0 spiro atoms. The first-order valence-corrected chi connectivity index (χ1v) is 5.61. The lowest BCUT2D eigenvalue weighted by molar-refractivity contribution is -0.120. The summed E-state index contributed by atoms with van der Waals surface area (Å²) in [6.45, 7) is 6.03. The summed E-state index contributed by atoms with van der Waals surface area (Å²) in [5, 5.41) is 13.9. The summed E-state index contributed by atoms with van der Waals surface area (Å²) in [5.41, 5.74) is 5.23. The summed E-state index contributed by atoms with van der Waals surface area (Å²) in [4.78, 5) is 13.7. The van der Waals surface area contributed by atoms with E-state index in [0.717, 1.165) is 26.1 Å². The Morgan fingerprint density at radius 1 is 1.69 bits per heavy atom. The Morgan fingerprint density at radius 3 is 3.00 bits per heavy atom. The van der Waals surface area contributed by atoms with Gasteiger partial charge in [-0.25, -0.2) is 0 Å². The molecular weight excluding hydrogens is 208 g/mol. The van der Waals surface area contributed by atoms with Gasteiger partial charge in [0, 0.05) is 13.1 Å². The van der Waals surface area contributed by atoms with Gasteiger partial charge in [0.15, 0.2) is 0 Å². The van der Waals surface area contributed by atoms with Gasteiger partial charge in [-0.3, -0.25) is 4.79 Å². The number of nitrogens with zero attached hydrogens (tertiary/aromatic N) is 2. The van der Waals surface area contributed by atoms with Crippen LogP contribution in [-0.2, 0) is 4.79 Å². The zero-order valence-corrected chi connectivity index (χ0v) is 9.65. The summed E-state index contributed by atoms with van der Waals surface area (Å²) in [5.74, 6) is 0.278. The number of amidine groups is 1. The highest BCUT2D eigenvalue weighted by molar-refractivity contribution is 5.98. The normalized spacial score (nSPS) is 22.3. The van der Waals surface area contributed by atoms with Crippen LogP contribution in [-0.4, -0.2) is 48.0 Å². The lowest BCUT2D eigenvalue weighted by Crippen LogP contribution is -2.33. The van der Waals surface area contributed by atoms with E-state index in [9.17, 15) is 4.79 Å². The molecule has 0 saturated carbocycles. The number of carbonyl (C=O) groups is 1.